The van der Waals surface area contributed by atoms with E-state index in [2.05, 4.69) is 15.3 Å². The molecule has 0 saturated carbocycles. The largest absolute Gasteiger partial charge is 0.493 e. The molecule has 1 aromatic heterocycles. The number of hydrogen-bond donors (Lipinski definition) is 2. The summed E-state index contributed by atoms with van der Waals surface area (Å²) in [6, 6.07) is 3.65. The molecule has 6 nitrogen and oxygen atoms in total. The monoisotopic (exact) mass is 277 g/mol. The number of aromatic nitrogens is 2. The number of benzene rings is 1. The maximum Gasteiger partial charge on any atom is 0.187 e. The first-order valence-corrected chi connectivity index (χ1v) is 6.48. The van der Waals surface area contributed by atoms with Gasteiger partial charge in [0.05, 0.1) is 26.9 Å². The molecule has 108 valence electrons. The van der Waals surface area contributed by atoms with Crippen molar-refractivity contribution in [3.63, 3.8) is 0 Å². The van der Waals surface area contributed by atoms with Crippen LogP contribution >= 0.6 is 0 Å². The predicted molar refractivity (Wildman–Crippen MR) is 77.4 cm³/mol. The third kappa shape index (κ3) is 2.60. The van der Waals surface area contributed by atoms with Crippen molar-refractivity contribution in [2.24, 2.45) is 0 Å². The molecule has 1 atom stereocenters. The Morgan fingerprint density at radius 1 is 1.25 bits per heavy atom. The van der Waals surface area contributed by atoms with Crippen molar-refractivity contribution in [1.82, 2.24) is 9.97 Å². The summed E-state index contributed by atoms with van der Waals surface area (Å²) in [6.07, 6.45) is 2.27. The van der Waals surface area contributed by atoms with E-state index in [0.717, 1.165) is 11.8 Å². The van der Waals surface area contributed by atoms with Gasteiger partial charge in [-0.05, 0) is 18.6 Å². The minimum Gasteiger partial charge on any atom is -0.493 e. The number of fused-ring (bicyclic) bond motifs is 1. The lowest BCUT2D eigenvalue weighted by atomic mass is 10.2. The number of nitrogens with one attached hydrogen (secondary N) is 1. The molecule has 0 aliphatic heterocycles. The molecule has 0 saturated heterocycles. The lowest BCUT2D eigenvalue weighted by molar-refractivity contribution is 0.271. The summed E-state index contributed by atoms with van der Waals surface area (Å²) in [7, 11) is 3.16. The Bertz CT molecular complexity index is 585. The molecule has 0 fully saturated rings. The summed E-state index contributed by atoms with van der Waals surface area (Å²) in [5.41, 5.74) is 0.678. The zero-order valence-electron chi connectivity index (χ0n) is 11.9. The van der Waals surface area contributed by atoms with E-state index in [1.807, 2.05) is 19.1 Å². The second-order valence-corrected chi connectivity index (χ2v) is 4.35. The van der Waals surface area contributed by atoms with Crippen molar-refractivity contribution in [3.8, 4) is 11.5 Å². The molecular weight excluding hydrogens is 258 g/mol. The van der Waals surface area contributed by atoms with Gasteiger partial charge in [-0.15, -0.1) is 0 Å². The van der Waals surface area contributed by atoms with Crippen molar-refractivity contribution in [3.05, 3.63) is 18.5 Å². The average Bonchev–Trinajstić information content (AvgIpc) is 2.51. The number of hydrogen-bond acceptors (Lipinski definition) is 6. The van der Waals surface area contributed by atoms with Gasteiger partial charge >= 0.3 is 0 Å². The first-order valence-electron chi connectivity index (χ1n) is 6.48. The molecular formula is C14H19N3O3. The third-order valence-electron chi connectivity index (χ3n) is 3.20. The lowest BCUT2D eigenvalue weighted by Crippen LogP contribution is -2.23. The van der Waals surface area contributed by atoms with Crippen LogP contribution in [0.4, 0.5) is 5.82 Å². The van der Waals surface area contributed by atoms with E-state index >= 15 is 0 Å². The Kier molecular flexibility index (Phi) is 4.57. The van der Waals surface area contributed by atoms with Crippen LogP contribution in [0.1, 0.15) is 13.3 Å². The summed E-state index contributed by atoms with van der Waals surface area (Å²) < 4.78 is 10.6. The Morgan fingerprint density at radius 3 is 2.65 bits per heavy atom. The van der Waals surface area contributed by atoms with E-state index < -0.39 is 0 Å². The summed E-state index contributed by atoms with van der Waals surface area (Å²) in [4.78, 5) is 8.51. The highest BCUT2D eigenvalue weighted by Crippen LogP contribution is 2.36. The van der Waals surface area contributed by atoms with Crippen LogP contribution in [-0.4, -0.2) is 41.9 Å². The normalized spacial score (nSPS) is 12.2. The van der Waals surface area contributed by atoms with Crippen molar-refractivity contribution in [2.75, 3.05) is 26.1 Å². The highest BCUT2D eigenvalue weighted by Gasteiger charge is 2.14. The highest BCUT2D eigenvalue weighted by atomic mass is 16.5. The fraction of sp³-hybridized carbons (Fsp3) is 0.429. The minimum atomic E-state index is -0.0406. The van der Waals surface area contributed by atoms with Crippen LogP contribution < -0.4 is 14.8 Å². The van der Waals surface area contributed by atoms with Crippen molar-refractivity contribution in [2.45, 2.75) is 19.4 Å². The number of rotatable bonds is 6. The van der Waals surface area contributed by atoms with E-state index in [-0.39, 0.29) is 12.6 Å². The second-order valence-electron chi connectivity index (χ2n) is 4.35. The fourth-order valence-corrected chi connectivity index (χ4v) is 2.03. The number of ether oxygens (including phenoxy) is 2. The second kappa shape index (κ2) is 6.38. The Labute approximate surface area is 117 Å². The molecule has 1 aromatic carbocycles. The zero-order valence-corrected chi connectivity index (χ0v) is 11.9. The summed E-state index contributed by atoms with van der Waals surface area (Å²) in [5, 5.41) is 13.3. The van der Waals surface area contributed by atoms with Crippen LogP contribution in [0, 0.1) is 0 Å². The van der Waals surface area contributed by atoms with Gasteiger partial charge in [0.1, 0.15) is 17.7 Å². The topological polar surface area (TPSA) is 76.5 Å². The van der Waals surface area contributed by atoms with Gasteiger partial charge in [-0.25, -0.2) is 9.97 Å². The van der Waals surface area contributed by atoms with Gasteiger partial charge in [0.15, 0.2) is 11.5 Å². The van der Waals surface area contributed by atoms with Crippen LogP contribution in [0.5, 0.6) is 11.5 Å². The highest BCUT2D eigenvalue weighted by molar-refractivity contribution is 5.94. The van der Waals surface area contributed by atoms with E-state index in [9.17, 15) is 5.11 Å². The van der Waals surface area contributed by atoms with Gasteiger partial charge < -0.3 is 19.9 Å². The van der Waals surface area contributed by atoms with Crippen LogP contribution in [0.25, 0.3) is 10.9 Å². The van der Waals surface area contributed by atoms with Gasteiger partial charge in [0.25, 0.3) is 0 Å². The Balaban J connectivity index is 2.53. The summed E-state index contributed by atoms with van der Waals surface area (Å²) >= 11 is 0. The molecule has 1 heterocycles. The smallest absolute Gasteiger partial charge is 0.187 e. The van der Waals surface area contributed by atoms with E-state index in [4.69, 9.17) is 9.47 Å². The van der Waals surface area contributed by atoms with Crippen molar-refractivity contribution >= 4 is 16.7 Å². The molecule has 6 heteroatoms. The maximum atomic E-state index is 9.29. The van der Waals surface area contributed by atoms with Gasteiger partial charge in [-0.1, -0.05) is 6.92 Å². The van der Waals surface area contributed by atoms with E-state index in [1.165, 1.54) is 6.33 Å². The standard InChI is InChI=1S/C14H19N3O3/c1-4-9(7-18)17-14-10-5-6-11(19-2)13(20-3)12(10)15-8-16-14/h5-6,8-9,18H,4,7H2,1-3H3,(H,15,16,17). The molecule has 2 rings (SSSR count). The van der Waals surface area contributed by atoms with Crippen LogP contribution in [0.2, 0.25) is 0 Å². The first-order chi connectivity index (χ1) is 9.74. The third-order valence-corrected chi connectivity index (χ3v) is 3.20. The molecule has 0 spiro atoms. The minimum absolute atomic E-state index is 0.0406. The molecule has 0 bridgehead atoms. The molecule has 20 heavy (non-hydrogen) atoms. The molecule has 0 aliphatic carbocycles. The number of nitrogens with zero attached hydrogens (tertiary/aromatic N) is 2. The SMILES string of the molecule is CCC(CO)Nc1ncnc2c(OC)c(OC)ccc12. The number of methoxy groups -OCH3 is 2. The van der Waals surface area contributed by atoms with E-state index in [1.54, 1.807) is 14.2 Å². The van der Waals surface area contributed by atoms with Crippen molar-refractivity contribution in [1.29, 1.82) is 0 Å². The van der Waals surface area contributed by atoms with Gasteiger partial charge in [-0.3, -0.25) is 0 Å². The van der Waals surface area contributed by atoms with Gasteiger partial charge in [-0.2, -0.15) is 0 Å². The molecule has 0 aliphatic rings. The lowest BCUT2D eigenvalue weighted by Gasteiger charge is -2.17. The first kappa shape index (κ1) is 14.3. The zero-order chi connectivity index (χ0) is 14.5. The van der Waals surface area contributed by atoms with Crippen LogP contribution in [0.3, 0.4) is 0 Å². The molecule has 2 N–H and O–H groups in total. The molecule has 0 radical (unpaired) electrons. The Morgan fingerprint density at radius 2 is 2.05 bits per heavy atom. The molecule has 0 amide bonds. The number of aliphatic hydroxyl groups is 1. The number of anilines is 1. The fourth-order valence-electron chi connectivity index (χ4n) is 2.03. The van der Waals surface area contributed by atoms with Gasteiger partial charge in [0, 0.05) is 5.39 Å². The van der Waals surface area contributed by atoms with Crippen molar-refractivity contribution < 1.29 is 14.6 Å². The quantitative estimate of drug-likeness (QED) is 0.839. The summed E-state index contributed by atoms with van der Waals surface area (Å²) in [6.45, 7) is 2.05. The average molecular weight is 277 g/mol. The summed E-state index contributed by atoms with van der Waals surface area (Å²) in [5.74, 6) is 1.88. The predicted octanol–water partition coefficient (Wildman–Crippen LogP) is 1.83. The molecule has 1 unspecified atom stereocenters. The van der Waals surface area contributed by atoms with Crippen LogP contribution in [0.15, 0.2) is 18.5 Å². The number of aliphatic hydroxyl groups excluding tert-OH is 1. The van der Waals surface area contributed by atoms with Crippen LogP contribution in [-0.2, 0) is 0 Å². The van der Waals surface area contributed by atoms with Gasteiger partial charge in [0.2, 0.25) is 0 Å². The molecule has 2 aromatic rings. The maximum absolute atomic E-state index is 9.29. The Hall–Kier alpha value is -2.08. The van der Waals surface area contributed by atoms with E-state index in [0.29, 0.717) is 22.8 Å².